The van der Waals surface area contributed by atoms with Crippen molar-refractivity contribution in [3.63, 3.8) is 0 Å². The molecule has 7 nitrogen and oxygen atoms in total. The van der Waals surface area contributed by atoms with E-state index in [9.17, 15) is 4.79 Å². The molecule has 1 aliphatic heterocycles. The first-order chi connectivity index (χ1) is 16.5. The first-order valence-corrected chi connectivity index (χ1v) is 12.8. The largest absolute Gasteiger partial charge is 0.490 e. The Morgan fingerprint density at radius 2 is 1.91 bits per heavy atom. The molecular formula is C26H30N4O3S. The van der Waals surface area contributed by atoms with Gasteiger partial charge in [-0.25, -0.2) is 4.98 Å². The van der Waals surface area contributed by atoms with Gasteiger partial charge in [-0.2, -0.15) is 0 Å². The van der Waals surface area contributed by atoms with Crippen molar-refractivity contribution in [3.8, 4) is 16.3 Å². The molecule has 2 aliphatic rings. The normalized spacial score (nSPS) is 17.7. The summed E-state index contributed by atoms with van der Waals surface area (Å²) in [6.45, 7) is 5.20. The van der Waals surface area contributed by atoms with Crippen LogP contribution in [0.2, 0.25) is 0 Å². The molecular weight excluding hydrogens is 448 g/mol. The minimum Gasteiger partial charge on any atom is -0.490 e. The van der Waals surface area contributed by atoms with E-state index in [1.165, 1.54) is 24.1 Å². The lowest BCUT2D eigenvalue weighted by Gasteiger charge is -2.24. The topological polar surface area (TPSA) is 86.2 Å². The van der Waals surface area contributed by atoms with E-state index in [2.05, 4.69) is 20.3 Å². The molecule has 0 bridgehead atoms. The summed E-state index contributed by atoms with van der Waals surface area (Å²) in [5, 5.41) is 3.97. The highest BCUT2D eigenvalue weighted by Crippen LogP contribution is 2.41. The molecule has 1 aromatic carbocycles. The Morgan fingerprint density at radius 3 is 2.62 bits per heavy atom. The van der Waals surface area contributed by atoms with Gasteiger partial charge < -0.3 is 14.8 Å². The zero-order chi connectivity index (χ0) is 23.5. The zero-order valence-corrected chi connectivity index (χ0v) is 20.4. The van der Waals surface area contributed by atoms with E-state index >= 15 is 0 Å². The summed E-state index contributed by atoms with van der Waals surface area (Å²) in [7, 11) is 0. The summed E-state index contributed by atoms with van der Waals surface area (Å²) in [5.74, 6) is 1.15. The number of hydrogen-bond acceptors (Lipinski definition) is 7. The van der Waals surface area contributed by atoms with Gasteiger partial charge in [-0.05, 0) is 50.8 Å². The summed E-state index contributed by atoms with van der Waals surface area (Å²) >= 11 is 1.72. The lowest BCUT2D eigenvalue weighted by Crippen LogP contribution is -2.28. The molecule has 0 unspecified atom stereocenters. The highest BCUT2D eigenvalue weighted by atomic mass is 32.1. The Morgan fingerprint density at radius 1 is 1.09 bits per heavy atom. The summed E-state index contributed by atoms with van der Waals surface area (Å²) < 4.78 is 11.8. The van der Waals surface area contributed by atoms with E-state index in [1.807, 2.05) is 38.2 Å². The van der Waals surface area contributed by atoms with Crippen LogP contribution in [0.5, 0.6) is 5.75 Å². The SMILES string of the molecule is Cc1cnc([C@@H](C)NC(=O)c2cc(OC3CCOCC3)cc(-c3ncc(C4CCC4)s3)c2)cn1. The fourth-order valence-corrected chi connectivity index (χ4v) is 5.26. The smallest absolute Gasteiger partial charge is 0.251 e. The predicted molar refractivity (Wildman–Crippen MR) is 131 cm³/mol. The maximum Gasteiger partial charge on any atom is 0.251 e. The molecule has 1 amide bonds. The standard InChI is InChI=1S/C26H30N4O3S/c1-16-13-28-23(14-27-16)17(2)30-25(31)19-10-20(26-29-15-24(34-26)18-4-3-5-18)12-22(11-19)33-21-6-8-32-9-7-21/h10-15,17-18,21H,3-9H2,1-2H3,(H,30,31)/t17-/m1/s1. The lowest BCUT2D eigenvalue weighted by molar-refractivity contribution is 0.0255. The van der Waals surface area contributed by atoms with Crippen molar-refractivity contribution in [2.24, 2.45) is 0 Å². The van der Waals surface area contributed by atoms with Gasteiger partial charge >= 0.3 is 0 Å². The van der Waals surface area contributed by atoms with E-state index in [0.717, 1.165) is 34.8 Å². The van der Waals surface area contributed by atoms with Gasteiger partial charge in [0.05, 0.1) is 36.8 Å². The Hall–Kier alpha value is -2.84. The second-order valence-electron chi connectivity index (χ2n) is 9.15. The van der Waals surface area contributed by atoms with Gasteiger partial charge in [0.2, 0.25) is 0 Å². The van der Waals surface area contributed by atoms with Crippen molar-refractivity contribution >= 4 is 17.2 Å². The summed E-state index contributed by atoms with van der Waals surface area (Å²) in [6.07, 6.45) is 10.9. The molecule has 0 spiro atoms. The van der Waals surface area contributed by atoms with E-state index in [1.54, 1.807) is 23.7 Å². The molecule has 3 heterocycles. The number of carbonyl (C=O) groups is 1. The minimum atomic E-state index is -0.269. The summed E-state index contributed by atoms with van der Waals surface area (Å²) in [6, 6.07) is 5.46. The van der Waals surface area contributed by atoms with E-state index in [4.69, 9.17) is 9.47 Å². The second-order valence-corrected chi connectivity index (χ2v) is 10.2. The molecule has 34 heavy (non-hydrogen) atoms. The fraction of sp³-hybridized carbons (Fsp3) is 0.462. The zero-order valence-electron chi connectivity index (χ0n) is 19.6. The third kappa shape index (κ3) is 5.28. The Kier molecular flexibility index (Phi) is 6.87. The van der Waals surface area contributed by atoms with Gasteiger partial charge in [0, 0.05) is 41.2 Å². The van der Waals surface area contributed by atoms with Gasteiger partial charge in [-0.1, -0.05) is 6.42 Å². The maximum absolute atomic E-state index is 13.2. The van der Waals surface area contributed by atoms with Crippen molar-refractivity contribution in [2.45, 2.75) is 64.0 Å². The van der Waals surface area contributed by atoms with Crippen LogP contribution in [0.3, 0.4) is 0 Å². The number of rotatable bonds is 7. The van der Waals surface area contributed by atoms with Crippen molar-refractivity contribution < 1.29 is 14.3 Å². The molecule has 1 N–H and O–H groups in total. The molecule has 8 heteroatoms. The molecule has 178 valence electrons. The quantitative estimate of drug-likeness (QED) is 0.501. The molecule has 2 fully saturated rings. The Bertz CT molecular complexity index is 1140. The first-order valence-electron chi connectivity index (χ1n) is 12.0. The number of benzene rings is 1. The number of hydrogen-bond donors (Lipinski definition) is 1. The van der Waals surface area contributed by atoms with Crippen molar-refractivity contribution in [3.05, 3.63) is 58.6 Å². The summed E-state index contributed by atoms with van der Waals surface area (Å²) in [5.41, 5.74) is 3.02. The number of aryl methyl sites for hydroxylation is 1. The van der Waals surface area contributed by atoms with Crippen LogP contribution in [0, 0.1) is 6.92 Å². The number of thiazole rings is 1. The first kappa shape index (κ1) is 22.9. The van der Waals surface area contributed by atoms with Crippen molar-refractivity contribution in [1.82, 2.24) is 20.3 Å². The number of nitrogens with one attached hydrogen (secondary N) is 1. The van der Waals surface area contributed by atoms with E-state index in [0.29, 0.717) is 30.4 Å². The Balaban J connectivity index is 1.40. The van der Waals surface area contributed by atoms with Crippen LogP contribution in [0.15, 0.2) is 36.8 Å². The van der Waals surface area contributed by atoms with Gasteiger partial charge in [0.1, 0.15) is 16.9 Å². The maximum atomic E-state index is 13.2. The van der Waals surface area contributed by atoms with Crippen LogP contribution in [-0.4, -0.2) is 40.2 Å². The third-order valence-electron chi connectivity index (χ3n) is 6.51. The molecule has 2 aromatic heterocycles. The average molecular weight is 479 g/mol. The van der Waals surface area contributed by atoms with Crippen LogP contribution < -0.4 is 10.1 Å². The fourth-order valence-electron chi connectivity index (χ4n) is 4.19. The summed E-state index contributed by atoms with van der Waals surface area (Å²) in [4.78, 5) is 27.9. The van der Waals surface area contributed by atoms with Gasteiger partial charge in [-0.3, -0.25) is 14.8 Å². The molecule has 1 atom stereocenters. The van der Waals surface area contributed by atoms with Gasteiger partial charge in [0.15, 0.2) is 0 Å². The average Bonchev–Trinajstić information content (AvgIpc) is 3.28. The Labute approximate surface area is 204 Å². The molecule has 5 rings (SSSR count). The van der Waals surface area contributed by atoms with Crippen LogP contribution in [-0.2, 0) is 4.74 Å². The highest BCUT2D eigenvalue weighted by molar-refractivity contribution is 7.15. The van der Waals surface area contributed by atoms with E-state index in [-0.39, 0.29) is 18.1 Å². The highest BCUT2D eigenvalue weighted by Gasteiger charge is 2.23. The van der Waals surface area contributed by atoms with Crippen LogP contribution in [0.4, 0.5) is 0 Å². The van der Waals surface area contributed by atoms with Crippen LogP contribution in [0.1, 0.15) is 77.6 Å². The predicted octanol–water partition coefficient (Wildman–Crippen LogP) is 5.22. The molecule has 0 radical (unpaired) electrons. The third-order valence-corrected chi connectivity index (χ3v) is 7.72. The number of ether oxygens (including phenoxy) is 2. The second kappa shape index (κ2) is 10.2. The van der Waals surface area contributed by atoms with Gasteiger partial charge in [0.25, 0.3) is 5.91 Å². The molecule has 1 aliphatic carbocycles. The van der Waals surface area contributed by atoms with Crippen LogP contribution >= 0.6 is 11.3 Å². The lowest BCUT2D eigenvalue weighted by atomic mass is 9.85. The number of nitrogens with zero attached hydrogens (tertiary/aromatic N) is 3. The molecule has 1 saturated carbocycles. The van der Waals surface area contributed by atoms with Crippen molar-refractivity contribution in [1.29, 1.82) is 0 Å². The molecule has 3 aromatic rings. The monoisotopic (exact) mass is 478 g/mol. The number of amides is 1. The minimum absolute atomic E-state index is 0.0866. The molecule has 1 saturated heterocycles. The van der Waals surface area contributed by atoms with Crippen LogP contribution in [0.25, 0.3) is 10.6 Å². The number of aromatic nitrogens is 3. The van der Waals surface area contributed by atoms with Crippen molar-refractivity contribution in [2.75, 3.05) is 13.2 Å². The number of carbonyl (C=O) groups excluding carboxylic acids is 1. The van der Waals surface area contributed by atoms with Gasteiger partial charge in [-0.15, -0.1) is 11.3 Å². The van der Waals surface area contributed by atoms with E-state index < -0.39 is 0 Å².